The van der Waals surface area contributed by atoms with Crippen LogP contribution >= 0.6 is 0 Å². The molecule has 0 bridgehead atoms. The summed E-state index contributed by atoms with van der Waals surface area (Å²) >= 11 is 0. The van der Waals surface area contributed by atoms with E-state index in [-0.39, 0.29) is 18.5 Å². The molecule has 0 rings (SSSR count). The maximum Gasteiger partial charge on any atom is 0.305 e. The highest BCUT2D eigenvalue weighted by Gasteiger charge is 2.18. The predicted octanol–water partition coefficient (Wildman–Crippen LogP) is 21.0. The summed E-state index contributed by atoms with van der Waals surface area (Å²) in [6.45, 7) is 4.93. The van der Waals surface area contributed by atoms with Crippen LogP contribution in [0.5, 0.6) is 0 Å². The molecule has 73 heavy (non-hydrogen) atoms. The summed E-state index contributed by atoms with van der Waals surface area (Å²) in [5.74, 6) is -0.0521. The normalized spacial score (nSPS) is 12.7. The molecule has 2 unspecified atom stereocenters. The van der Waals surface area contributed by atoms with Crippen molar-refractivity contribution in [1.82, 2.24) is 5.32 Å². The fraction of sp³-hybridized carbons (Fsp3) is 0.910. The van der Waals surface area contributed by atoms with Crippen LogP contribution in [0.25, 0.3) is 0 Å². The Morgan fingerprint density at radius 1 is 0.370 bits per heavy atom. The minimum absolute atomic E-state index is 0.0179. The molecule has 0 aliphatic heterocycles. The van der Waals surface area contributed by atoms with E-state index in [0.717, 1.165) is 38.5 Å². The number of hydrogen-bond donors (Lipinski definition) is 3. The third kappa shape index (κ3) is 59.4. The maximum absolute atomic E-state index is 12.5. The number of amides is 1. The standard InChI is InChI=1S/C67H129NO5/c1-3-5-7-9-11-13-15-17-18-19-30-33-37-41-45-49-53-57-61-67(72)73-62-58-54-50-46-42-38-34-31-28-26-24-22-20-21-23-25-27-29-32-36-40-44-48-52-56-60-66(71)68-64(63-69)65(70)59-55-51-47-43-39-35-16-14-12-10-8-6-4-2/h21,23,55,59,64-65,69-70H,3-20,22,24-54,56-58,60-63H2,1-2H3,(H,68,71)/b23-21-,59-55+. The summed E-state index contributed by atoms with van der Waals surface area (Å²) < 4.78 is 5.50. The number of esters is 1. The number of carbonyl (C=O) groups excluding carboxylic acids is 2. The zero-order chi connectivity index (χ0) is 52.9. The van der Waals surface area contributed by atoms with Crippen molar-refractivity contribution in [2.75, 3.05) is 13.2 Å². The molecule has 0 saturated carbocycles. The predicted molar refractivity (Wildman–Crippen MR) is 320 cm³/mol. The Labute approximate surface area is 456 Å². The summed E-state index contributed by atoms with van der Waals surface area (Å²) in [4.78, 5) is 24.6. The van der Waals surface area contributed by atoms with Gasteiger partial charge in [0.25, 0.3) is 0 Å². The van der Waals surface area contributed by atoms with Gasteiger partial charge in [0.15, 0.2) is 0 Å². The Balaban J connectivity index is 3.38. The fourth-order valence-corrected chi connectivity index (χ4v) is 10.4. The molecule has 1 amide bonds. The van der Waals surface area contributed by atoms with E-state index in [1.54, 1.807) is 6.08 Å². The van der Waals surface area contributed by atoms with Crippen LogP contribution in [0, 0.1) is 0 Å². The van der Waals surface area contributed by atoms with Gasteiger partial charge in [0.2, 0.25) is 5.91 Å². The number of ether oxygens (including phenoxy) is 1. The third-order valence-corrected chi connectivity index (χ3v) is 15.5. The van der Waals surface area contributed by atoms with E-state index < -0.39 is 12.1 Å². The number of allylic oxidation sites excluding steroid dienone is 3. The van der Waals surface area contributed by atoms with Crippen molar-refractivity contribution in [3.8, 4) is 0 Å². The topological polar surface area (TPSA) is 95.9 Å². The Hall–Kier alpha value is -1.66. The second kappa shape index (κ2) is 62.9. The Bertz CT molecular complexity index is 1140. The number of aliphatic hydroxyl groups is 2. The van der Waals surface area contributed by atoms with Crippen LogP contribution < -0.4 is 5.32 Å². The van der Waals surface area contributed by atoms with E-state index in [2.05, 4.69) is 31.3 Å². The van der Waals surface area contributed by atoms with Gasteiger partial charge in [-0.3, -0.25) is 9.59 Å². The number of hydrogen-bond acceptors (Lipinski definition) is 5. The first kappa shape index (κ1) is 71.3. The van der Waals surface area contributed by atoms with Crippen LogP contribution in [0.3, 0.4) is 0 Å². The Kier molecular flexibility index (Phi) is 61.4. The smallest absolute Gasteiger partial charge is 0.305 e. The SMILES string of the molecule is CCCCCCCCCCCCC/C=C/C(O)C(CO)NC(=O)CCCCCCCCCCC/C=C\CCCCCCCCCCCCCCOC(=O)CCCCCCCCCCCCCCCCCCCC. The average Bonchev–Trinajstić information content (AvgIpc) is 3.39. The summed E-state index contributed by atoms with van der Waals surface area (Å²) in [6, 6.07) is -0.629. The van der Waals surface area contributed by atoms with Gasteiger partial charge in [-0.1, -0.05) is 321 Å². The molecule has 432 valence electrons. The summed E-state index contributed by atoms with van der Waals surface area (Å²) in [5, 5.41) is 23.1. The van der Waals surface area contributed by atoms with Gasteiger partial charge in [0, 0.05) is 12.8 Å². The summed E-state index contributed by atoms with van der Waals surface area (Å²) in [5.41, 5.74) is 0. The number of carbonyl (C=O) groups is 2. The molecule has 2 atom stereocenters. The zero-order valence-corrected chi connectivity index (χ0v) is 49.4. The zero-order valence-electron chi connectivity index (χ0n) is 49.4. The van der Waals surface area contributed by atoms with Gasteiger partial charge in [-0.05, 0) is 57.8 Å². The van der Waals surface area contributed by atoms with Gasteiger partial charge in [0.05, 0.1) is 25.4 Å². The number of aliphatic hydroxyl groups excluding tert-OH is 2. The quantitative estimate of drug-likeness (QED) is 0.0320. The maximum atomic E-state index is 12.5. The van der Waals surface area contributed by atoms with Gasteiger partial charge in [-0.2, -0.15) is 0 Å². The average molecular weight is 1030 g/mol. The first-order valence-corrected chi connectivity index (χ1v) is 33.1. The minimum Gasteiger partial charge on any atom is -0.466 e. The van der Waals surface area contributed by atoms with Gasteiger partial charge in [-0.25, -0.2) is 0 Å². The van der Waals surface area contributed by atoms with Gasteiger partial charge >= 0.3 is 5.97 Å². The highest BCUT2D eigenvalue weighted by Crippen LogP contribution is 2.18. The van der Waals surface area contributed by atoms with Crippen LogP contribution in [0.15, 0.2) is 24.3 Å². The monoisotopic (exact) mass is 1030 g/mol. The lowest BCUT2D eigenvalue weighted by atomic mass is 10.0. The molecular weight excluding hydrogens is 899 g/mol. The largest absolute Gasteiger partial charge is 0.466 e. The van der Waals surface area contributed by atoms with Crippen molar-refractivity contribution in [3.63, 3.8) is 0 Å². The van der Waals surface area contributed by atoms with Crippen molar-refractivity contribution in [3.05, 3.63) is 24.3 Å². The molecule has 6 heteroatoms. The summed E-state index contributed by atoms with van der Waals surface area (Å²) in [6.07, 6.45) is 78.1. The molecule has 0 heterocycles. The van der Waals surface area contributed by atoms with Crippen molar-refractivity contribution in [2.45, 2.75) is 379 Å². The van der Waals surface area contributed by atoms with Crippen LogP contribution in [-0.4, -0.2) is 47.4 Å². The van der Waals surface area contributed by atoms with Crippen LogP contribution in [-0.2, 0) is 14.3 Å². The van der Waals surface area contributed by atoms with Gasteiger partial charge < -0.3 is 20.3 Å². The second-order valence-corrected chi connectivity index (χ2v) is 22.8. The lowest BCUT2D eigenvalue weighted by Gasteiger charge is -2.20. The molecule has 0 aliphatic carbocycles. The van der Waals surface area contributed by atoms with Crippen LogP contribution in [0.2, 0.25) is 0 Å². The van der Waals surface area contributed by atoms with Crippen molar-refractivity contribution < 1.29 is 24.5 Å². The highest BCUT2D eigenvalue weighted by atomic mass is 16.5. The molecule has 0 aromatic carbocycles. The molecule has 0 aromatic rings. The van der Waals surface area contributed by atoms with Gasteiger partial charge in [-0.15, -0.1) is 0 Å². The first-order chi connectivity index (χ1) is 36.0. The van der Waals surface area contributed by atoms with Crippen molar-refractivity contribution in [1.29, 1.82) is 0 Å². The molecular formula is C67H129NO5. The van der Waals surface area contributed by atoms with E-state index in [1.165, 1.54) is 302 Å². The molecule has 0 radical (unpaired) electrons. The Morgan fingerprint density at radius 2 is 0.644 bits per heavy atom. The van der Waals surface area contributed by atoms with E-state index >= 15 is 0 Å². The fourth-order valence-electron chi connectivity index (χ4n) is 10.4. The number of unbranched alkanes of at least 4 members (excludes halogenated alkanes) is 49. The van der Waals surface area contributed by atoms with E-state index in [9.17, 15) is 19.8 Å². The van der Waals surface area contributed by atoms with Gasteiger partial charge in [0.1, 0.15) is 0 Å². The van der Waals surface area contributed by atoms with E-state index in [1.807, 2.05) is 6.08 Å². The lowest BCUT2D eigenvalue weighted by Crippen LogP contribution is -2.45. The molecule has 0 spiro atoms. The first-order valence-electron chi connectivity index (χ1n) is 33.1. The van der Waals surface area contributed by atoms with Crippen LogP contribution in [0.4, 0.5) is 0 Å². The minimum atomic E-state index is -0.845. The molecule has 0 fully saturated rings. The van der Waals surface area contributed by atoms with Crippen molar-refractivity contribution in [2.24, 2.45) is 0 Å². The molecule has 6 nitrogen and oxygen atoms in total. The molecule has 0 aliphatic rings. The van der Waals surface area contributed by atoms with E-state index in [4.69, 9.17) is 4.74 Å². The summed E-state index contributed by atoms with van der Waals surface area (Å²) in [7, 11) is 0. The third-order valence-electron chi connectivity index (χ3n) is 15.5. The molecule has 0 saturated heterocycles. The molecule has 0 aromatic heterocycles. The lowest BCUT2D eigenvalue weighted by molar-refractivity contribution is -0.143. The Morgan fingerprint density at radius 3 is 0.973 bits per heavy atom. The second-order valence-electron chi connectivity index (χ2n) is 22.8. The van der Waals surface area contributed by atoms with Crippen LogP contribution in [0.1, 0.15) is 367 Å². The number of nitrogens with one attached hydrogen (secondary N) is 1. The van der Waals surface area contributed by atoms with Crippen molar-refractivity contribution >= 4 is 11.9 Å². The molecule has 3 N–H and O–H groups in total. The number of rotatable bonds is 62. The highest BCUT2D eigenvalue weighted by molar-refractivity contribution is 5.76. The van der Waals surface area contributed by atoms with E-state index in [0.29, 0.717) is 19.4 Å².